The highest BCUT2D eigenvalue weighted by molar-refractivity contribution is 6.33. The van der Waals surface area contributed by atoms with Crippen LogP contribution in [-0.4, -0.2) is 30.1 Å². The molecule has 0 amide bonds. The van der Waals surface area contributed by atoms with E-state index in [-0.39, 0.29) is 12.1 Å². The average Bonchev–Trinajstić information content (AvgIpc) is 2.86. The predicted octanol–water partition coefficient (Wildman–Crippen LogP) is 2.83. The molecule has 0 fully saturated rings. The standard InChI is InChI=1S/C25H22N6O2/c1-29-24(17-9-8-16-15(21(17)12-27)4-3-5-23(16)33-2)20(11-26)14-6-7-18-19(10-14)22(13-28)30-31-25(18)32/h3-11H,13,26,28H2,1-2H3,(H,31,32)/b20-11-,29-24?. The third-order valence-electron chi connectivity index (χ3n) is 5.63. The number of methoxy groups -OCH3 is 1. The van der Waals surface area contributed by atoms with Crippen LogP contribution in [0.1, 0.15) is 22.4 Å². The summed E-state index contributed by atoms with van der Waals surface area (Å²) in [6.07, 6.45) is 1.45. The fourth-order valence-corrected chi connectivity index (χ4v) is 4.07. The van der Waals surface area contributed by atoms with E-state index in [0.717, 1.165) is 16.3 Å². The molecule has 0 aliphatic heterocycles. The van der Waals surface area contributed by atoms with Crippen LogP contribution in [-0.2, 0) is 6.54 Å². The Hall–Kier alpha value is -4.48. The summed E-state index contributed by atoms with van der Waals surface area (Å²) in [5.74, 6) is 0.682. The molecule has 0 spiro atoms. The van der Waals surface area contributed by atoms with Gasteiger partial charge in [-0.3, -0.25) is 9.79 Å². The summed E-state index contributed by atoms with van der Waals surface area (Å²) in [6.45, 7) is 0.165. The van der Waals surface area contributed by atoms with Gasteiger partial charge in [0.25, 0.3) is 5.56 Å². The molecule has 3 aromatic carbocycles. The van der Waals surface area contributed by atoms with E-state index in [2.05, 4.69) is 21.3 Å². The maximum absolute atomic E-state index is 12.2. The molecule has 0 saturated heterocycles. The molecular weight excluding hydrogens is 416 g/mol. The molecule has 8 heteroatoms. The average molecular weight is 438 g/mol. The zero-order valence-electron chi connectivity index (χ0n) is 18.2. The lowest BCUT2D eigenvalue weighted by molar-refractivity contribution is 0.420. The summed E-state index contributed by atoms with van der Waals surface area (Å²) in [6, 6.07) is 16.9. The van der Waals surface area contributed by atoms with E-state index in [1.807, 2.05) is 36.4 Å². The van der Waals surface area contributed by atoms with Crippen LogP contribution < -0.4 is 21.8 Å². The van der Waals surface area contributed by atoms with Gasteiger partial charge in [0.1, 0.15) is 11.8 Å². The second-order valence-electron chi connectivity index (χ2n) is 7.27. The van der Waals surface area contributed by atoms with Gasteiger partial charge in [-0.2, -0.15) is 10.4 Å². The zero-order valence-corrected chi connectivity index (χ0v) is 18.2. The van der Waals surface area contributed by atoms with E-state index in [1.54, 1.807) is 26.3 Å². The Morgan fingerprint density at radius 1 is 1.18 bits per heavy atom. The summed E-state index contributed by atoms with van der Waals surface area (Å²) in [5, 5.41) is 19.3. The van der Waals surface area contributed by atoms with Crippen molar-refractivity contribution in [3.05, 3.63) is 87.5 Å². The molecule has 5 N–H and O–H groups in total. The minimum Gasteiger partial charge on any atom is -0.496 e. The third kappa shape index (κ3) is 3.60. The molecule has 1 aromatic heterocycles. The van der Waals surface area contributed by atoms with Crippen LogP contribution in [0, 0.1) is 11.3 Å². The Labute approximate surface area is 189 Å². The molecule has 8 nitrogen and oxygen atoms in total. The Morgan fingerprint density at radius 2 is 1.97 bits per heavy atom. The number of rotatable bonds is 5. The van der Waals surface area contributed by atoms with Crippen molar-refractivity contribution >= 4 is 32.8 Å². The summed E-state index contributed by atoms with van der Waals surface area (Å²) >= 11 is 0. The Morgan fingerprint density at radius 3 is 2.64 bits per heavy atom. The molecule has 164 valence electrons. The first kappa shape index (κ1) is 21.7. The van der Waals surface area contributed by atoms with E-state index < -0.39 is 0 Å². The van der Waals surface area contributed by atoms with Crippen LogP contribution in [0.15, 0.2) is 64.5 Å². The lowest BCUT2D eigenvalue weighted by Crippen LogP contribution is -2.14. The summed E-state index contributed by atoms with van der Waals surface area (Å²) < 4.78 is 5.45. The van der Waals surface area contributed by atoms with Crippen molar-refractivity contribution in [1.82, 2.24) is 10.2 Å². The monoisotopic (exact) mass is 438 g/mol. The van der Waals surface area contributed by atoms with E-state index in [0.29, 0.717) is 44.6 Å². The molecule has 0 aliphatic rings. The fraction of sp³-hybridized carbons (Fsp3) is 0.120. The van der Waals surface area contributed by atoms with Crippen molar-refractivity contribution in [2.45, 2.75) is 6.54 Å². The zero-order chi connectivity index (χ0) is 23.5. The van der Waals surface area contributed by atoms with Crippen LogP contribution >= 0.6 is 0 Å². The number of nitrogens with two attached hydrogens (primary N) is 2. The first-order chi connectivity index (χ1) is 16.1. The second-order valence-corrected chi connectivity index (χ2v) is 7.27. The Bertz CT molecular complexity index is 1540. The van der Waals surface area contributed by atoms with Gasteiger partial charge in [-0.25, -0.2) is 5.10 Å². The van der Waals surface area contributed by atoms with Gasteiger partial charge in [0.15, 0.2) is 0 Å². The number of hydrogen-bond acceptors (Lipinski definition) is 7. The minimum absolute atomic E-state index is 0.165. The minimum atomic E-state index is -0.299. The second kappa shape index (κ2) is 8.94. The van der Waals surface area contributed by atoms with Gasteiger partial charge in [-0.05, 0) is 29.8 Å². The van der Waals surface area contributed by atoms with Gasteiger partial charge in [0, 0.05) is 47.1 Å². The molecule has 0 bridgehead atoms. The number of nitriles is 1. The molecule has 0 aliphatic carbocycles. The van der Waals surface area contributed by atoms with E-state index in [4.69, 9.17) is 16.2 Å². The van der Waals surface area contributed by atoms with Crippen molar-refractivity contribution in [2.24, 2.45) is 16.5 Å². The molecular formula is C25H22N6O2. The van der Waals surface area contributed by atoms with Crippen molar-refractivity contribution in [3.63, 3.8) is 0 Å². The predicted molar refractivity (Wildman–Crippen MR) is 130 cm³/mol. The highest BCUT2D eigenvalue weighted by atomic mass is 16.5. The Balaban J connectivity index is 1.93. The number of allylic oxidation sites excluding steroid dienone is 1. The number of hydrogen-bond donors (Lipinski definition) is 3. The van der Waals surface area contributed by atoms with Crippen LogP contribution in [0.2, 0.25) is 0 Å². The SMILES string of the molecule is CN=C(/C(=C\N)c1ccc2c(=O)[nH]nc(CN)c2c1)c1ccc2c(OC)cccc2c1C#N. The number of nitrogens with zero attached hydrogens (tertiary/aromatic N) is 3. The maximum atomic E-state index is 12.2. The highest BCUT2D eigenvalue weighted by Crippen LogP contribution is 2.32. The topological polar surface area (TPSA) is 143 Å². The number of benzene rings is 3. The van der Waals surface area contributed by atoms with Gasteiger partial charge in [-0.1, -0.05) is 24.3 Å². The summed E-state index contributed by atoms with van der Waals surface area (Å²) in [4.78, 5) is 16.7. The maximum Gasteiger partial charge on any atom is 0.272 e. The van der Waals surface area contributed by atoms with Gasteiger partial charge in [0.2, 0.25) is 0 Å². The highest BCUT2D eigenvalue weighted by Gasteiger charge is 2.19. The van der Waals surface area contributed by atoms with E-state index in [1.165, 1.54) is 6.20 Å². The largest absolute Gasteiger partial charge is 0.496 e. The van der Waals surface area contributed by atoms with Crippen molar-refractivity contribution in [1.29, 1.82) is 5.26 Å². The van der Waals surface area contributed by atoms with Crippen molar-refractivity contribution < 1.29 is 4.74 Å². The fourth-order valence-electron chi connectivity index (χ4n) is 4.07. The van der Waals surface area contributed by atoms with Gasteiger partial charge >= 0.3 is 0 Å². The number of ether oxygens (including phenoxy) is 1. The number of aromatic amines is 1. The molecule has 0 unspecified atom stereocenters. The number of nitrogens with one attached hydrogen (secondary N) is 1. The number of fused-ring (bicyclic) bond motifs is 2. The number of aromatic nitrogens is 2. The third-order valence-corrected chi connectivity index (χ3v) is 5.63. The molecule has 0 atom stereocenters. The normalized spacial score (nSPS) is 12.2. The lowest BCUT2D eigenvalue weighted by atomic mass is 9.90. The number of H-pyrrole nitrogens is 1. The van der Waals surface area contributed by atoms with E-state index >= 15 is 0 Å². The molecule has 0 saturated carbocycles. The smallest absolute Gasteiger partial charge is 0.272 e. The van der Waals surface area contributed by atoms with Crippen LogP contribution in [0.5, 0.6) is 5.75 Å². The first-order valence-electron chi connectivity index (χ1n) is 10.2. The van der Waals surface area contributed by atoms with Crippen molar-refractivity contribution in [2.75, 3.05) is 14.2 Å². The van der Waals surface area contributed by atoms with Gasteiger partial charge < -0.3 is 16.2 Å². The number of aliphatic imine (C=N–C) groups is 1. The van der Waals surface area contributed by atoms with Crippen LogP contribution in [0.25, 0.3) is 27.1 Å². The van der Waals surface area contributed by atoms with Crippen LogP contribution in [0.4, 0.5) is 0 Å². The van der Waals surface area contributed by atoms with E-state index in [9.17, 15) is 10.1 Å². The summed E-state index contributed by atoms with van der Waals surface area (Å²) in [7, 11) is 3.24. The first-order valence-corrected chi connectivity index (χ1v) is 10.2. The molecule has 0 radical (unpaired) electrons. The quantitative estimate of drug-likeness (QED) is 0.409. The summed E-state index contributed by atoms with van der Waals surface area (Å²) in [5.41, 5.74) is 15.1. The van der Waals surface area contributed by atoms with Gasteiger partial charge in [-0.15, -0.1) is 0 Å². The lowest BCUT2D eigenvalue weighted by Gasteiger charge is -2.15. The van der Waals surface area contributed by atoms with Gasteiger partial charge in [0.05, 0.1) is 29.5 Å². The van der Waals surface area contributed by atoms with Crippen molar-refractivity contribution in [3.8, 4) is 11.8 Å². The molecule has 4 rings (SSSR count). The van der Waals surface area contributed by atoms with Crippen LogP contribution in [0.3, 0.4) is 0 Å². The molecule has 1 heterocycles. The molecule has 33 heavy (non-hydrogen) atoms. The molecule has 4 aromatic rings. The Kier molecular flexibility index (Phi) is 5.89.